The first-order valence-corrected chi connectivity index (χ1v) is 6.82. The number of nitrogens with one attached hydrogen (secondary N) is 1. The Hall–Kier alpha value is -1.99. The van der Waals surface area contributed by atoms with E-state index in [1.807, 2.05) is 24.3 Å². The van der Waals surface area contributed by atoms with Crippen LogP contribution in [0.15, 0.2) is 47.2 Å². The Labute approximate surface area is 128 Å². The summed E-state index contributed by atoms with van der Waals surface area (Å²) in [5.74, 6) is 0.715. The molecule has 0 fully saturated rings. The van der Waals surface area contributed by atoms with Crippen LogP contribution in [0, 0.1) is 0 Å². The second-order valence-electron chi connectivity index (χ2n) is 3.81. The molecule has 20 heavy (non-hydrogen) atoms. The Kier molecular flexibility index (Phi) is 3.62. The number of benzene rings is 1. The minimum absolute atomic E-state index is 0.102. The van der Waals surface area contributed by atoms with Gasteiger partial charge in [0.15, 0.2) is 0 Å². The van der Waals surface area contributed by atoms with Crippen LogP contribution in [0.5, 0.6) is 0 Å². The number of hydrogen-bond donors (Lipinski definition) is 1. The molecule has 0 aliphatic carbocycles. The van der Waals surface area contributed by atoms with Gasteiger partial charge in [0.2, 0.25) is 11.2 Å². The van der Waals surface area contributed by atoms with Crippen molar-refractivity contribution >= 4 is 39.2 Å². The smallest absolute Gasteiger partial charge is 0.256 e. The number of hydrogen-bond acceptors (Lipinski definition) is 5. The van der Waals surface area contributed by atoms with E-state index in [-0.39, 0.29) is 5.28 Å². The van der Waals surface area contributed by atoms with Gasteiger partial charge < -0.3 is 5.32 Å². The molecule has 100 valence electrons. The normalized spacial score (nSPS) is 10.5. The molecule has 0 spiro atoms. The van der Waals surface area contributed by atoms with Gasteiger partial charge in [0.1, 0.15) is 0 Å². The van der Waals surface area contributed by atoms with Crippen LogP contribution in [-0.2, 0) is 0 Å². The highest BCUT2D eigenvalue weighted by Crippen LogP contribution is 2.18. The molecule has 2 heterocycles. The Balaban J connectivity index is 1.92. The van der Waals surface area contributed by atoms with Crippen molar-refractivity contribution in [3.05, 3.63) is 52.5 Å². The topological polar surface area (TPSA) is 68.5 Å². The second kappa shape index (κ2) is 5.56. The van der Waals surface area contributed by atoms with Gasteiger partial charge in [-0.3, -0.25) is 0 Å². The van der Waals surface area contributed by atoms with Crippen molar-refractivity contribution < 1.29 is 0 Å². The minimum Gasteiger partial charge on any atom is -0.324 e. The van der Waals surface area contributed by atoms with E-state index in [0.29, 0.717) is 11.9 Å². The Bertz CT molecular complexity index is 713. The van der Waals surface area contributed by atoms with E-state index >= 15 is 0 Å². The van der Waals surface area contributed by atoms with Gasteiger partial charge in [-0.1, -0.05) is 15.9 Å². The highest BCUT2D eigenvalue weighted by atomic mass is 79.9. The summed E-state index contributed by atoms with van der Waals surface area (Å²) in [5, 5.41) is 7.23. The molecule has 0 radical (unpaired) electrons. The number of rotatable bonds is 3. The molecule has 6 nitrogen and oxygen atoms in total. The summed E-state index contributed by atoms with van der Waals surface area (Å²) >= 11 is 9.29. The van der Waals surface area contributed by atoms with E-state index in [1.165, 1.54) is 4.68 Å². The minimum atomic E-state index is 0.102. The van der Waals surface area contributed by atoms with Crippen molar-refractivity contribution in [2.24, 2.45) is 0 Å². The predicted molar refractivity (Wildman–Crippen MR) is 79.4 cm³/mol. The van der Waals surface area contributed by atoms with E-state index < -0.39 is 0 Å². The molecular weight excluding hydrogens is 344 g/mol. The summed E-state index contributed by atoms with van der Waals surface area (Å²) in [6, 6.07) is 9.41. The van der Waals surface area contributed by atoms with Crippen LogP contribution in [-0.4, -0.2) is 24.7 Å². The van der Waals surface area contributed by atoms with E-state index in [1.54, 1.807) is 18.5 Å². The van der Waals surface area contributed by atoms with E-state index in [2.05, 4.69) is 41.3 Å². The Morgan fingerprint density at radius 2 is 1.90 bits per heavy atom. The van der Waals surface area contributed by atoms with Gasteiger partial charge in [-0.15, -0.1) is 0 Å². The molecule has 3 rings (SSSR count). The fraction of sp³-hybridized carbons (Fsp3) is 0. The van der Waals surface area contributed by atoms with Crippen LogP contribution < -0.4 is 5.32 Å². The van der Waals surface area contributed by atoms with Gasteiger partial charge in [-0.2, -0.15) is 20.1 Å². The molecule has 0 aliphatic heterocycles. The lowest BCUT2D eigenvalue weighted by Gasteiger charge is -2.06. The molecule has 1 N–H and O–H groups in total. The van der Waals surface area contributed by atoms with Gasteiger partial charge in [-0.25, -0.2) is 4.68 Å². The Morgan fingerprint density at radius 3 is 2.60 bits per heavy atom. The quantitative estimate of drug-likeness (QED) is 0.784. The first kappa shape index (κ1) is 13.0. The summed E-state index contributed by atoms with van der Waals surface area (Å²) in [7, 11) is 0. The van der Waals surface area contributed by atoms with Gasteiger partial charge >= 0.3 is 0 Å². The van der Waals surface area contributed by atoms with Crippen molar-refractivity contribution in [3.8, 4) is 5.95 Å². The van der Waals surface area contributed by atoms with E-state index in [4.69, 9.17) is 11.6 Å². The summed E-state index contributed by atoms with van der Waals surface area (Å²) in [6.07, 6.45) is 3.37. The molecule has 1 aromatic carbocycles. The molecule has 0 amide bonds. The maximum Gasteiger partial charge on any atom is 0.256 e. The van der Waals surface area contributed by atoms with Crippen LogP contribution in [0.25, 0.3) is 5.95 Å². The first-order chi connectivity index (χ1) is 9.70. The second-order valence-corrected chi connectivity index (χ2v) is 5.06. The standard InChI is InChI=1S/C12H8BrClN6/c13-8-2-4-9(5-3-8)16-11-17-10(14)18-12(19-11)20-7-1-6-15-20/h1-7H,(H,16,17,18,19). The molecule has 3 aromatic rings. The average molecular weight is 352 g/mol. The zero-order chi connectivity index (χ0) is 13.9. The lowest BCUT2D eigenvalue weighted by Crippen LogP contribution is -2.06. The summed E-state index contributed by atoms with van der Waals surface area (Å²) < 4.78 is 2.51. The summed E-state index contributed by atoms with van der Waals surface area (Å²) in [5.41, 5.74) is 0.849. The predicted octanol–water partition coefficient (Wildman–Crippen LogP) is 3.22. The fourth-order valence-electron chi connectivity index (χ4n) is 1.55. The highest BCUT2D eigenvalue weighted by molar-refractivity contribution is 9.10. The van der Waals surface area contributed by atoms with Gasteiger partial charge in [-0.05, 0) is 41.9 Å². The average Bonchev–Trinajstić information content (AvgIpc) is 2.95. The maximum absolute atomic E-state index is 5.91. The van der Waals surface area contributed by atoms with Crippen LogP contribution >= 0.6 is 27.5 Å². The number of nitrogens with zero attached hydrogens (tertiary/aromatic N) is 5. The van der Waals surface area contributed by atoms with Gasteiger partial charge in [0.25, 0.3) is 5.95 Å². The molecule has 0 saturated heterocycles. The first-order valence-electron chi connectivity index (χ1n) is 5.65. The fourth-order valence-corrected chi connectivity index (χ4v) is 1.97. The van der Waals surface area contributed by atoms with Crippen LogP contribution in [0.4, 0.5) is 11.6 Å². The van der Waals surface area contributed by atoms with Crippen LogP contribution in [0.3, 0.4) is 0 Å². The lowest BCUT2D eigenvalue weighted by molar-refractivity contribution is 0.798. The number of anilines is 2. The van der Waals surface area contributed by atoms with Crippen LogP contribution in [0.1, 0.15) is 0 Å². The molecule has 0 bridgehead atoms. The van der Waals surface area contributed by atoms with Crippen molar-refractivity contribution in [2.75, 3.05) is 5.32 Å². The number of aromatic nitrogens is 5. The zero-order valence-corrected chi connectivity index (χ0v) is 12.4. The van der Waals surface area contributed by atoms with Crippen molar-refractivity contribution in [2.45, 2.75) is 0 Å². The van der Waals surface area contributed by atoms with E-state index in [0.717, 1.165) is 10.2 Å². The zero-order valence-electron chi connectivity index (χ0n) is 10.0. The van der Waals surface area contributed by atoms with Crippen LogP contribution in [0.2, 0.25) is 5.28 Å². The third-order valence-corrected chi connectivity index (χ3v) is 3.10. The number of halogens is 2. The largest absolute Gasteiger partial charge is 0.324 e. The monoisotopic (exact) mass is 350 g/mol. The summed E-state index contributed by atoms with van der Waals surface area (Å²) in [4.78, 5) is 12.3. The molecule has 0 unspecified atom stereocenters. The summed E-state index contributed by atoms with van der Waals surface area (Å²) in [6.45, 7) is 0. The third kappa shape index (κ3) is 2.94. The van der Waals surface area contributed by atoms with Crippen molar-refractivity contribution in [1.29, 1.82) is 0 Å². The molecule has 0 aliphatic rings. The van der Waals surface area contributed by atoms with Crippen molar-refractivity contribution in [1.82, 2.24) is 24.7 Å². The highest BCUT2D eigenvalue weighted by Gasteiger charge is 2.07. The maximum atomic E-state index is 5.91. The Morgan fingerprint density at radius 1 is 1.10 bits per heavy atom. The molecule has 0 atom stereocenters. The van der Waals surface area contributed by atoms with Crippen molar-refractivity contribution in [3.63, 3.8) is 0 Å². The lowest BCUT2D eigenvalue weighted by atomic mass is 10.3. The molecule has 0 saturated carbocycles. The molecule has 8 heteroatoms. The van der Waals surface area contributed by atoms with Gasteiger partial charge in [0.05, 0.1) is 0 Å². The third-order valence-electron chi connectivity index (χ3n) is 2.41. The SMILES string of the molecule is Clc1nc(Nc2ccc(Br)cc2)nc(-n2cccn2)n1. The van der Waals surface area contributed by atoms with E-state index in [9.17, 15) is 0 Å². The molecular formula is C12H8BrClN6. The molecule has 2 aromatic heterocycles. The van der Waals surface area contributed by atoms with Gasteiger partial charge in [0, 0.05) is 22.6 Å².